The van der Waals surface area contributed by atoms with Gasteiger partial charge in [0.1, 0.15) is 13.2 Å². The maximum Gasteiger partial charge on any atom is 0.306 e. The van der Waals surface area contributed by atoms with Gasteiger partial charge < -0.3 is 14.2 Å². The summed E-state index contributed by atoms with van der Waals surface area (Å²) in [6.45, 7) is 6.65. The van der Waals surface area contributed by atoms with Crippen molar-refractivity contribution in [1.29, 1.82) is 0 Å². The van der Waals surface area contributed by atoms with Crippen LogP contribution in [0.4, 0.5) is 0 Å². The monoisotopic (exact) mass is 985 g/mol. The maximum absolute atomic E-state index is 12.8. The zero-order valence-corrected chi connectivity index (χ0v) is 47.3. The molecule has 1 atom stereocenters. The van der Waals surface area contributed by atoms with Crippen molar-refractivity contribution in [3.05, 3.63) is 24.3 Å². The summed E-state index contributed by atoms with van der Waals surface area (Å²) in [4.78, 5) is 38.1. The Morgan fingerprint density at radius 1 is 0.271 bits per heavy atom. The van der Waals surface area contributed by atoms with Crippen LogP contribution < -0.4 is 0 Å². The van der Waals surface area contributed by atoms with E-state index >= 15 is 0 Å². The molecule has 6 heteroatoms. The molecule has 0 rings (SSSR count). The molecule has 0 aliphatic rings. The number of ether oxygens (including phenoxy) is 3. The van der Waals surface area contributed by atoms with Crippen LogP contribution in [0.5, 0.6) is 0 Å². The Labute approximate surface area is 436 Å². The first-order valence-corrected chi connectivity index (χ1v) is 31.3. The van der Waals surface area contributed by atoms with Crippen molar-refractivity contribution in [2.24, 2.45) is 0 Å². The third kappa shape index (κ3) is 56.8. The predicted molar refractivity (Wildman–Crippen MR) is 303 cm³/mol. The van der Waals surface area contributed by atoms with E-state index in [0.717, 1.165) is 57.8 Å². The first-order valence-electron chi connectivity index (χ1n) is 31.3. The third-order valence-corrected chi connectivity index (χ3v) is 14.2. The number of allylic oxidation sites excluding steroid dienone is 4. The quantitative estimate of drug-likeness (QED) is 0.0261. The average Bonchev–Trinajstić information content (AvgIpc) is 3.36. The van der Waals surface area contributed by atoms with Crippen LogP contribution in [0.1, 0.15) is 348 Å². The second-order valence-electron chi connectivity index (χ2n) is 21.3. The number of esters is 3. The summed E-state index contributed by atoms with van der Waals surface area (Å²) in [5.74, 6) is -0.856. The zero-order valence-electron chi connectivity index (χ0n) is 47.3. The van der Waals surface area contributed by atoms with Crippen molar-refractivity contribution < 1.29 is 28.6 Å². The summed E-state index contributed by atoms with van der Waals surface area (Å²) in [6.07, 6.45) is 70.6. The van der Waals surface area contributed by atoms with Gasteiger partial charge >= 0.3 is 17.9 Å². The molecule has 0 fully saturated rings. The van der Waals surface area contributed by atoms with Crippen LogP contribution in [-0.4, -0.2) is 37.2 Å². The van der Waals surface area contributed by atoms with E-state index in [9.17, 15) is 14.4 Å². The molecule has 70 heavy (non-hydrogen) atoms. The van der Waals surface area contributed by atoms with Gasteiger partial charge in [0, 0.05) is 19.3 Å². The van der Waals surface area contributed by atoms with Crippen molar-refractivity contribution in [2.75, 3.05) is 13.2 Å². The lowest BCUT2D eigenvalue weighted by Crippen LogP contribution is -2.30. The lowest BCUT2D eigenvalue weighted by Gasteiger charge is -2.18. The van der Waals surface area contributed by atoms with Crippen molar-refractivity contribution in [1.82, 2.24) is 0 Å². The van der Waals surface area contributed by atoms with E-state index in [1.807, 2.05) is 0 Å². The first kappa shape index (κ1) is 67.9. The van der Waals surface area contributed by atoms with E-state index in [1.165, 1.54) is 250 Å². The van der Waals surface area contributed by atoms with Crippen molar-refractivity contribution >= 4 is 17.9 Å². The van der Waals surface area contributed by atoms with Gasteiger partial charge in [-0.25, -0.2) is 0 Å². The molecule has 0 bridgehead atoms. The molecule has 412 valence electrons. The second-order valence-corrected chi connectivity index (χ2v) is 21.3. The summed E-state index contributed by atoms with van der Waals surface area (Å²) < 4.78 is 16.8. The SMILES string of the molecule is CCCCCCCC/C=C\CCCCCCCCCC(=O)OC(COC(=O)CCCCCCCCCC)COC(=O)CCCCCCCCCCCCCCCCC/C=C\CCCCCCCCCC. The second kappa shape index (κ2) is 59.5. The molecule has 1 unspecified atom stereocenters. The summed E-state index contributed by atoms with van der Waals surface area (Å²) in [6, 6.07) is 0. The summed E-state index contributed by atoms with van der Waals surface area (Å²) in [7, 11) is 0. The molecule has 0 aromatic heterocycles. The number of carbonyl (C=O) groups excluding carboxylic acids is 3. The van der Waals surface area contributed by atoms with Crippen LogP contribution >= 0.6 is 0 Å². The van der Waals surface area contributed by atoms with Gasteiger partial charge in [-0.1, -0.05) is 283 Å². The molecule has 0 aliphatic heterocycles. The van der Waals surface area contributed by atoms with E-state index in [-0.39, 0.29) is 31.1 Å². The fourth-order valence-corrected chi connectivity index (χ4v) is 9.44. The van der Waals surface area contributed by atoms with Gasteiger partial charge in [-0.15, -0.1) is 0 Å². The van der Waals surface area contributed by atoms with Gasteiger partial charge in [0.15, 0.2) is 6.10 Å². The Bertz CT molecular complexity index is 1130. The average molecular weight is 986 g/mol. The van der Waals surface area contributed by atoms with Crippen molar-refractivity contribution in [3.63, 3.8) is 0 Å². The normalized spacial score (nSPS) is 12.1. The van der Waals surface area contributed by atoms with Crippen LogP contribution in [0, 0.1) is 0 Å². The summed E-state index contributed by atoms with van der Waals surface area (Å²) >= 11 is 0. The predicted octanol–water partition coefficient (Wildman–Crippen LogP) is 21.1. The lowest BCUT2D eigenvalue weighted by molar-refractivity contribution is -0.167. The highest BCUT2D eigenvalue weighted by molar-refractivity contribution is 5.71. The molecule has 0 aliphatic carbocycles. The Morgan fingerprint density at radius 2 is 0.471 bits per heavy atom. The number of hydrogen-bond donors (Lipinski definition) is 0. The standard InChI is InChI=1S/C64H120O6/c1-4-7-10-13-16-19-21-23-25-27-28-29-30-31-32-33-34-35-36-38-39-41-43-45-48-51-54-57-63(66)69-60-61(59-68-62(65)56-53-50-47-18-15-12-9-6-3)70-64(67)58-55-52-49-46-44-42-40-37-26-24-22-20-17-14-11-8-5-2/h24,26-28,61H,4-23,25,29-60H2,1-3H3/b26-24-,28-27-. The highest BCUT2D eigenvalue weighted by Gasteiger charge is 2.19. The smallest absolute Gasteiger partial charge is 0.306 e. The molecular formula is C64H120O6. The summed E-state index contributed by atoms with van der Waals surface area (Å²) in [5.41, 5.74) is 0. The van der Waals surface area contributed by atoms with Gasteiger partial charge in [0.05, 0.1) is 0 Å². The Morgan fingerprint density at radius 3 is 0.714 bits per heavy atom. The fourth-order valence-electron chi connectivity index (χ4n) is 9.44. The Hall–Kier alpha value is -2.11. The molecule has 0 spiro atoms. The maximum atomic E-state index is 12.8. The molecule has 0 aromatic rings. The molecule has 0 aromatic carbocycles. The van der Waals surface area contributed by atoms with Crippen LogP contribution in [-0.2, 0) is 28.6 Å². The Kier molecular flexibility index (Phi) is 57.7. The van der Waals surface area contributed by atoms with Crippen LogP contribution in [0.2, 0.25) is 0 Å². The van der Waals surface area contributed by atoms with Crippen LogP contribution in [0.25, 0.3) is 0 Å². The summed E-state index contributed by atoms with van der Waals surface area (Å²) in [5, 5.41) is 0. The number of hydrogen-bond acceptors (Lipinski definition) is 6. The van der Waals surface area contributed by atoms with E-state index in [2.05, 4.69) is 45.1 Å². The van der Waals surface area contributed by atoms with E-state index in [4.69, 9.17) is 14.2 Å². The largest absolute Gasteiger partial charge is 0.462 e. The highest BCUT2D eigenvalue weighted by atomic mass is 16.6. The van der Waals surface area contributed by atoms with Gasteiger partial charge in [-0.05, 0) is 70.6 Å². The molecule has 0 saturated heterocycles. The number of unbranched alkanes of at least 4 members (excludes halogenated alkanes) is 43. The van der Waals surface area contributed by atoms with Crippen molar-refractivity contribution in [2.45, 2.75) is 354 Å². The van der Waals surface area contributed by atoms with E-state index in [1.54, 1.807) is 0 Å². The van der Waals surface area contributed by atoms with Gasteiger partial charge in [0.25, 0.3) is 0 Å². The van der Waals surface area contributed by atoms with E-state index < -0.39 is 6.10 Å². The topological polar surface area (TPSA) is 78.9 Å². The first-order chi connectivity index (χ1) is 34.5. The van der Waals surface area contributed by atoms with Crippen LogP contribution in [0.3, 0.4) is 0 Å². The third-order valence-electron chi connectivity index (χ3n) is 14.2. The molecule has 0 N–H and O–H groups in total. The zero-order chi connectivity index (χ0) is 50.7. The minimum atomic E-state index is -0.768. The van der Waals surface area contributed by atoms with E-state index in [0.29, 0.717) is 19.3 Å². The van der Waals surface area contributed by atoms with Crippen LogP contribution in [0.15, 0.2) is 24.3 Å². The molecule has 0 amide bonds. The minimum absolute atomic E-state index is 0.0683. The molecular weight excluding hydrogens is 865 g/mol. The minimum Gasteiger partial charge on any atom is -0.462 e. The molecule has 0 heterocycles. The molecule has 0 radical (unpaired) electrons. The molecule has 6 nitrogen and oxygen atoms in total. The highest BCUT2D eigenvalue weighted by Crippen LogP contribution is 2.17. The molecule has 0 saturated carbocycles. The van der Waals surface area contributed by atoms with Gasteiger partial charge in [0.2, 0.25) is 0 Å². The fraction of sp³-hybridized carbons (Fsp3) is 0.891. The number of rotatable bonds is 58. The Balaban J connectivity index is 4.09. The van der Waals surface area contributed by atoms with Gasteiger partial charge in [-0.2, -0.15) is 0 Å². The number of carbonyl (C=O) groups is 3. The van der Waals surface area contributed by atoms with Crippen molar-refractivity contribution in [3.8, 4) is 0 Å². The lowest BCUT2D eigenvalue weighted by atomic mass is 10.0. The van der Waals surface area contributed by atoms with Gasteiger partial charge in [-0.3, -0.25) is 14.4 Å².